The summed E-state index contributed by atoms with van der Waals surface area (Å²) in [6, 6.07) is 5.14. The Morgan fingerprint density at radius 1 is 1.43 bits per heavy atom. The molecule has 1 amide bonds. The van der Waals surface area contributed by atoms with E-state index in [9.17, 15) is 9.59 Å². The second-order valence-electron chi connectivity index (χ2n) is 2.67. The highest BCUT2D eigenvalue weighted by Crippen LogP contribution is 2.03. The van der Waals surface area contributed by atoms with Gasteiger partial charge in [-0.05, 0) is 19.1 Å². The average Bonchev–Trinajstić information content (AvgIpc) is 2.01. The molecule has 1 aromatic heterocycles. The van der Waals surface area contributed by atoms with E-state index in [1.165, 1.54) is 0 Å². The number of carbonyl (C=O) groups excluding carboxylic acids is 2. The van der Waals surface area contributed by atoms with Crippen molar-refractivity contribution in [2.24, 2.45) is 0 Å². The second-order valence-corrected chi connectivity index (χ2v) is 2.67. The maximum absolute atomic E-state index is 10.9. The van der Waals surface area contributed by atoms with Crippen molar-refractivity contribution >= 4 is 17.9 Å². The van der Waals surface area contributed by atoms with E-state index in [1.807, 2.05) is 0 Å². The first-order chi connectivity index (χ1) is 6.58. The summed E-state index contributed by atoms with van der Waals surface area (Å²) in [5, 5.41) is 2.32. The Labute approximate surface area is 81.1 Å². The molecule has 5 nitrogen and oxygen atoms in total. The molecule has 0 aliphatic carbocycles. The summed E-state index contributed by atoms with van der Waals surface area (Å²) >= 11 is 0. The number of nitrogens with zero attached hydrogens (tertiary/aromatic N) is 1. The topological polar surface area (TPSA) is 68.3 Å². The molecular weight excluding hydrogens is 184 g/mol. The van der Waals surface area contributed by atoms with E-state index >= 15 is 0 Å². The zero-order chi connectivity index (χ0) is 10.6. The molecule has 1 rings (SSSR count). The number of ether oxygens (including phenoxy) is 1. The first kappa shape index (κ1) is 10.2. The number of carbonyl (C=O) groups is 2. The molecule has 0 unspecified atom stereocenters. The molecule has 0 atom stereocenters. The van der Waals surface area contributed by atoms with Gasteiger partial charge in [0.1, 0.15) is 5.82 Å². The molecule has 1 N–H and O–H groups in total. The van der Waals surface area contributed by atoms with Gasteiger partial charge in [0, 0.05) is 12.6 Å². The van der Waals surface area contributed by atoms with Crippen molar-refractivity contribution in [1.29, 1.82) is 0 Å². The Morgan fingerprint density at radius 3 is 2.71 bits per heavy atom. The van der Waals surface area contributed by atoms with Crippen LogP contribution in [0.2, 0.25) is 0 Å². The Kier molecular flexibility index (Phi) is 3.17. The van der Waals surface area contributed by atoms with Crippen molar-refractivity contribution in [3.05, 3.63) is 23.9 Å². The number of pyridine rings is 1. The molecule has 0 fully saturated rings. The van der Waals surface area contributed by atoms with Crippen LogP contribution in [0.1, 0.15) is 12.6 Å². The van der Waals surface area contributed by atoms with Crippen LogP contribution in [0.25, 0.3) is 0 Å². The summed E-state index contributed by atoms with van der Waals surface area (Å²) in [6.45, 7) is 2.95. The van der Waals surface area contributed by atoms with Crippen molar-refractivity contribution in [1.82, 2.24) is 4.98 Å². The smallest absolute Gasteiger partial charge is 0.376 e. The Balaban J connectivity index is 2.60. The molecule has 5 heteroatoms. The lowest BCUT2D eigenvalue weighted by atomic mass is 10.4. The third-order valence-electron chi connectivity index (χ3n) is 1.35. The van der Waals surface area contributed by atoms with Gasteiger partial charge < -0.3 is 4.74 Å². The SMILES string of the molecule is CC(=O)OC(=O)Nc1cccc(C)n1. The first-order valence-corrected chi connectivity index (χ1v) is 4.01. The van der Waals surface area contributed by atoms with Gasteiger partial charge in [0.05, 0.1) is 0 Å². The molecule has 14 heavy (non-hydrogen) atoms. The monoisotopic (exact) mass is 194 g/mol. The van der Waals surface area contributed by atoms with Gasteiger partial charge in [-0.25, -0.2) is 9.78 Å². The summed E-state index contributed by atoms with van der Waals surface area (Å²) in [7, 11) is 0. The van der Waals surface area contributed by atoms with Crippen LogP contribution in [0.4, 0.5) is 10.6 Å². The van der Waals surface area contributed by atoms with Crippen molar-refractivity contribution in [3.8, 4) is 0 Å². The van der Waals surface area contributed by atoms with Crippen molar-refractivity contribution in [2.75, 3.05) is 5.32 Å². The fraction of sp³-hybridized carbons (Fsp3) is 0.222. The van der Waals surface area contributed by atoms with Crippen LogP contribution in [0.5, 0.6) is 0 Å². The van der Waals surface area contributed by atoms with Crippen molar-refractivity contribution < 1.29 is 14.3 Å². The Morgan fingerprint density at radius 2 is 2.14 bits per heavy atom. The largest absolute Gasteiger partial charge is 0.420 e. The van der Waals surface area contributed by atoms with Gasteiger partial charge in [-0.1, -0.05) is 6.07 Å². The van der Waals surface area contributed by atoms with Gasteiger partial charge in [-0.2, -0.15) is 0 Å². The first-order valence-electron chi connectivity index (χ1n) is 4.01. The van der Waals surface area contributed by atoms with Crippen LogP contribution < -0.4 is 5.32 Å². The maximum Gasteiger partial charge on any atom is 0.420 e. The Hall–Kier alpha value is -1.91. The molecule has 0 saturated heterocycles. The fourth-order valence-corrected chi connectivity index (χ4v) is 0.873. The van der Waals surface area contributed by atoms with Gasteiger partial charge in [-0.15, -0.1) is 0 Å². The standard InChI is InChI=1S/C9H10N2O3/c1-6-4-3-5-8(10-6)11-9(13)14-7(2)12/h3-5H,1-2H3,(H,10,11,13). The Bertz CT molecular complexity index is 363. The summed E-state index contributed by atoms with van der Waals surface area (Å²) in [5.74, 6) is -0.300. The van der Waals surface area contributed by atoms with E-state index in [2.05, 4.69) is 15.0 Å². The molecule has 1 heterocycles. The zero-order valence-electron chi connectivity index (χ0n) is 7.90. The third kappa shape index (κ3) is 3.22. The van der Waals surface area contributed by atoms with E-state index in [-0.39, 0.29) is 0 Å². The highest BCUT2D eigenvalue weighted by Gasteiger charge is 2.06. The van der Waals surface area contributed by atoms with Crippen LogP contribution in [-0.2, 0) is 9.53 Å². The maximum atomic E-state index is 10.9. The minimum Gasteiger partial charge on any atom is -0.376 e. The van der Waals surface area contributed by atoms with Gasteiger partial charge >= 0.3 is 12.1 Å². The minimum absolute atomic E-state index is 0.358. The summed E-state index contributed by atoms with van der Waals surface area (Å²) in [4.78, 5) is 25.3. The van der Waals surface area contributed by atoms with E-state index in [0.717, 1.165) is 12.6 Å². The summed E-state index contributed by atoms with van der Waals surface area (Å²) < 4.78 is 4.27. The highest BCUT2D eigenvalue weighted by atomic mass is 16.6. The van der Waals surface area contributed by atoms with E-state index < -0.39 is 12.1 Å². The molecular formula is C9H10N2O3. The lowest BCUT2D eigenvalue weighted by Crippen LogP contribution is -2.17. The van der Waals surface area contributed by atoms with Gasteiger partial charge in [0.25, 0.3) is 0 Å². The lowest BCUT2D eigenvalue weighted by molar-refractivity contribution is -0.134. The number of aryl methyl sites for hydroxylation is 1. The number of esters is 1. The third-order valence-corrected chi connectivity index (χ3v) is 1.35. The number of hydrogen-bond donors (Lipinski definition) is 1. The summed E-state index contributed by atoms with van der Waals surface area (Å²) in [6.07, 6.45) is -0.824. The number of hydrogen-bond acceptors (Lipinski definition) is 4. The number of rotatable bonds is 1. The van der Waals surface area contributed by atoms with Crippen LogP contribution in [0.3, 0.4) is 0 Å². The number of aromatic nitrogens is 1. The van der Waals surface area contributed by atoms with Crippen molar-refractivity contribution in [2.45, 2.75) is 13.8 Å². The van der Waals surface area contributed by atoms with E-state index in [1.54, 1.807) is 25.1 Å². The molecule has 0 aliphatic rings. The van der Waals surface area contributed by atoms with Crippen molar-refractivity contribution in [3.63, 3.8) is 0 Å². The second kappa shape index (κ2) is 4.36. The minimum atomic E-state index is -0.824. The average molecular weight is 194 g/mol. The van der Waals surface area contributed by atoms with Crippen LogP contribution in [0, 0.1) is 6.92 Å². The summed E-state index contributed by atoms with van der Waals surface area (Å²) in [5.41, 5.74) is 0.769. The number of anilines is 1. The van der Waals surface area contributed by atoms with E-state index in [4.69, 9.17) is 0 Å². The predicted molar refractivity (Wildman–Crippen MR) is 49.8 cm³/mol. The zero-order valence-corrected chi connectivity index (χ0v) is 7.90. The predicted octanol–water partition coefficient (Wildman–Crippen LogP) is 1.49. The molecule has 1 aromatic rings. The van der Waals surface area contributed by atoms with Gasteiger partial charge in [0.2, 0.25) is 0 Å². The quantitative estimate of drug-likeness (QED) is 0.543. The van der Waals surface area contributed by atoms with Gasteiger partial charge in [-0.3, -0.25) is 10.1 Å². The number of amides is 1. The molecule has 0 radical (unpaired) electrons. The van der Waals surface area contributed by atoms with Gasteiger partial charge in [0.15, 0.2) is 0 Å². The lowest BCUT2D eigenvalue weighted by Gasteiger charge is -2.03. The normalized spacial score (nSPS) is 9.29. The molecule has 0 aliphatic heterocycles. The highest BCUT2D eigenvalue weighted by molar-refractivity contribution is 5.91. The molecule has 0 spiro atoms. The molecule has 0 saturated carbocycles. The molecule has 74 valence electrons. The van der Waals surface area contributed by atoms with Crippen LogP contribution >= 0.6 is 0 Å². The van der Waals surface area contributed by atoms with E-state index in [0.29, 0.717) is 5.82 Å². The fourth-order valence-electron chi connectivity index (χ4n) is 0.873. The number of nitrogens with one attached hydrogen (secondary N) is 1. The van der Waals surface area contributed by atoms with Crippen LogP contribution in [-0.4, -0.2) is 17.0 Å². The molecule has 0 aromatic carbocycles. The molecule has 0 bridgehead atoms. The van der Waals surface area contributed by atoms with Crippen LogP contribution in [0.15, 0.2) is 18.2 Å².